The van der Waals surface area contributed by atoms with Crippen LogP contribution in [0.4, 0.5) is 5.69 Å². The minimum absolute atomic E-state index is 1.14. The van der Waals surface area contributed by atoms with Crippen LogP contribution in [0.15, 0.2) is 66.9 Å². The van der Waals surface area contributed by atoms with Gasteiger partial charge in [-0.3, -0.25) is 0 Å². The van der Waals surface area contributed by atoms with Crippen LogP contribution in [-0.4, -0.2) is 18.2 Å². The standard InChI is InChI=1S/C9H9N.C9H13N/c1-10-7-6-8-4-2-3-5-9(8)10;1-3-10(2)9-7-5-4-6-8-9/h2-7H,1H3;4-8H,3H2,1-2H3/p+1. The van der Waals surface area contributed by atoms with Crippen LogP contribution in [0.5, 0.6) is 0 Å². The molecule has 0 radical (unpaired) electrons. The maximum atomic E-state index is 2.18. The molecule has 0 spiro atoms. The second-order valence-electron chi connectivity index (χ2n) is 4.99. The Balaban J connectivity index is 0.000000147. The molecule has 2 nitrogen and oxygen atoms in total. The summed E-state index contributed by atoms with van der Waals surface area (Å²) in [5.74, 6) is 0. The Morgan fingerprint density at radius 1 is 0.900 bits per heavy atom. The molecule has 1 aromatic heterocycles. The molecule has 1 unspecified atom stereocenters. The molecule has 20 heavy (non-hydrogen) atoms. The zero-order chi connectivity index (χ0) is 14.4. The number of rotatable bonds is 2. The van der Waals surface area contributed by atoms with Gasteiger partial charge in [-0.05, 0) is 36.6 Å². The van der Waals surface area contributed by atoms with Gasteiger partial charge in [-0.25, -0.2) is 0 Å². The van der Waals surface area contributed by atoms with Crippen molar-refractivity contribution in [2.45, 2.75) is 6.92 Å². The molecule has 0 bridgehead atoms. The average molecular weight is 267 g/mol. The van der Waals surface area contributed by atoms with Gasteiger partial charge in [-0.1, -0.05) is 36.4 Å². The summed E-state index contributed by atoms with van der Waals surface area (Å²) in [7, 11) is 4.23. The van der Waals surface area contributed by atoms with Gasteiger partial charge in [0.05, 0.1) is 13.6 Å². The van der Waals surface area contributed by atoms with Crippen LogP contribution in [0.2, 0.25) is 0 Å². The van der Waals surface area contributed by atoms with E-state index in [2.05, 4.69) is 86.4 Å². The maximum absolute atomic E-state index is 2.18. The summed E-state index contributed by atoms with van der Waals surface area (Å²) in [6.45, 7) is 3.33. The van der Waals surface area contributed by atoms with Gasteiger partial charge in [0.2, 0.25) is 0 Å². The number of hydrogen-bond acceptors (Lipinski definition) is 0. The minimum Gasteiger partial charge on any atom is -0.351 e. The molecule has 0 fully saturated rings. The van der Waals surface area contributed by atoms with Crippen molar-refractivity contribution in [2.24, 2.45) is 7.05 Å². The van der Waals surface area contributed by atoms with E-state index in [9.17, 15) is 0 Å². The lowest BCUT2D eigenvalue weighted by Crippen LogP contribution is -3.03. The van der Waals surface area contributed by atoms with Crippen LogP contribution in [0.1, 0.15) is 6.92 Å². The highest BCUT2D eigenvalue weighted by Gasteiger charge is 1.98. The first-order valence-corrected chi connectivity index (χ1v) is 7.10. The Bertz CT molecular complexity index is 641. The van der Waals surface area contributed by atoms with Gasteiger partial charge < -0.3 is 9.47 Å². The minimum atomic E-state index is 1.14. The summed E-state index contributed by atoms with van der Waals surface area (Å²) in [6.07, 6.45) is 2.07. The first-order chi connectivity index (χ1) is 9.72. The number of aromatic nitrogens is 1. The highest BCUT2D eigenvalue weighted by molar-refractivity contribution is 5.79. The SMILES string of the molecule is CC[NH+](C)c1ccccc1.Cn1ccc2ccccc21. The van der Waals surface area contributed by atoms with E-state index in [-0.39, 0.29) is 0 Å². The summed E-state index contributed by atoms with van der Waals surface area (Å²) in [5.41, 5.74) is 2.66. The third-order valence-corrected chi connectivity index (χ3v) is 3.59. The van der Waals surface area contributed by atoms with Crippen molar-refractivity contribution in [3.8, 4) is 0 Å². The van der Waals surface area contributed by atoms with Gasteiger partial charge in [0.25, 0.3) is 0 Å². The third-order valence-electron chi connectivity index (χ3n) is 3.59. The Morgan fingerprint density at radius 2 is 1.55 bits per heavy atom. The molecule has 0 saturated carbocycles. The van der Waals surface area contributed by atoms with E-state index in [0.29, 0.717) is 0 Å². The van der Waals surface area contributed by atoms with E-state index in [1.807, 2.05) is 6.07 Å². The molecule has 0 aliphatic rings. The number of aryl methyl sites for hydroxylation is 1. The molecule has 2 aromatic carbocycles. The summed E-state index contributed by atoms with van der Waals surface area (Å²) in [4.78, 5) is 1.46. The lowest BCUT2D eigenvalue weighted by Gasteiger charge is -2.09. The van der Waals surface area contributed by atoms with Crippen molar-refractivity contribution in [3.63, 3.8) is 0 Å². The number of para-hydroxylation sites is 2. The second kappa shape index (κ2) is 6.92. The monoisotopic (exact) mass is 267 g/mol. The van der Waals surface area contributed by atoms with Crippen LogP contribution >= 0.6 is 0 Å². The van der Waals surface area contributed by atoms with Crippen molar-refractivity contribution in [3.05, 3.63) is 66.9 Å². The number of fused-ring (bicyclic) bond motifs is 1. The summed E-state index contributed by atoms with van der Waals surface area (Å²) >= 11 is 0. The van der Waals surface area contributed by atoms with Gasteiger partial charge >= 0.3 is 0 Å². The van der Waals surface area contributed by atoms with Gasteiger partial charge in [0.15, 0.2) is 0 Å². The summed E-state index contributed by atoms with van der Waals surface area (Å²) in [5, 5.41) is 1.31. The first kappa shape index (κ1) is 14.4. The highest BCUT2D eigenvalue weighted by Crippen LogP contribution is 2.12. The van der Waals surface area contributed by atoms with Crippen molar-refractivity contribution in [1.29, 1.82) is 0 Å². The molecule has 0 aliphatic heterocycles. The Morgan fingerprint density at radius 3 is 2.20 bits per heavy atom. The molecule has 0 amide bonds. The Labute approximate surface area is 121 Å². The van der Waals surface area contributed by atoms with E-state index < -0.39 is 0 Å². The summed E-state index contributed by atoms with van der Waals surface area (Å²) in [6, 6.07) is 21.0. The van der Waals surface area contributed by atoms with E-state index in [4.69, 9.17) is 0 Å². The van der Waals surface area contributed by atoms with Crippen molar-refractivity contribution in [1.82, 2.24) is 4.57 Å². The van der Waals surface area contributed by atoms with Gasteiger partial charge in [0.1, 0.15) is 5.69 Å². The lowest BCUT2D eigenvalue weighted by molar-refractivity contribution is -0.807. The van der Waals surface area contributed by atoms with Crippen LogP contribution in [0, 0.1) is 0 Å². The third kappa shape index (κ3) is 3.49. The van der Waals surface area contributed by atoms with Gasteiger partial charge in [0, 0.05) is 18.8 Å². The van der Waals surface area contributed by atoms with E-state index in [1.54, 1.807) is 0 Å². The molecular weight excluding hydrogens is 244 g/mol. The van der Waals surface area contributed by atoms with Crippen LogP contribution in [-0.2, 0) is 7.05 Å². The van der Waals surface area contributed by atoms with Crippen LogP contribution < -0.4 is 4.90 Å². The number of hydrogen-bond donors (Lipinski definition) is 1. The van der Waals surface area contributed by atoms with Crippen molar-refractivity contribution < 1.29 is 4.90 Å². The molecule has 104 valence electrons. The van der Waals surface area contributed by atoms with Crippen LogP contribution in [0.25, 0.3) is 10.9 Å². The largest absolute Gasteiger partial charge is 0.351 e. The number of nitrogens with one attached hydrogen (secondary N) is 1. The van der Waals surface area contributed by atoms with E-state index >= 15 is 0 Å². The normalized spacial score (nSPS) is 11.8. The first-order valence-electron chi connectivity index (χ1n) is 7.10. The molecular formula is C18H23N2+. The lowest BCUT2D eigenvalue weighted by atomic mass is 10.2. The van der Waals surface area contributed by atoms with E-state index in [0.717, 1.165) is 6.54 Å². The predicted octanol–water partition coefficient (Wildman–Crippen LogP) is 3.03. The van der Waals surface area contributed by atoms with Crippen LogP contribution in [0.3, 0.4) is 0 Å². The quantitative estimate of drug-likeness (QED) is 0.731. The van der Waals surface area contributed by atoms with Gasteiger partial charge in [-0.15, -0.1) is 0 Å². The number of nitrogens with zero attached hydrogens (tertiary/aromatic N) is 1. The zero-order valence-corrected chi connectivity index (χ0v) is 12.5. The number of quaternary nitrogens is 1. The molecule has 2 heteroatoms. The molecule has 0 aliphatic carbocycles. The average Bonchev–Trinajstić information content (AvgIpc) is 2.90. The molecule has 1 N–H and O–H groups in total. The molecule has 3 rings (SSSR count). The topological polar surface area (TPSA) is 9.37 Å². The van der Waals surface area contributed by atoms with Crippen molar-refractivity contribution >= 4 is 16.6 Å². The fraction of sp³-hybridized carbons (Fsp3) is 0.222. The van der Waals surface area contributed by atoms with Gasteiger partial charge in [-0.2, -0.15) is 0 Å². The molecule has 1 heterocycles. The molecule has 0 saturated heterocycles. The maximum Gasteiger partial charge on any atom is 0.130 e. The predicted molar refractivity (Wildman–Crippen MR) is 86.4 cm³/mol. The Hall–Kier alpha value is -2.06. The Kier molecular flexibility index (Phi) is 4.97. The van der Waals surface area contributed by atoms with Crippen molar-refractivity contribution in [2.75, 3.05) is 13.6 Å². The highest BCUT2D eigenvalue weighted by atomic mass is 15.1. The summed E-state index contributed by atoms with van der Waals surface area (Å²) < 4.78 is 2.12. The zero-order valence-electron chi connectivity index (χ0n) is 12.5. The second-order valence-corrected chi connectivity index (χ2v) is 4.99. The smallest absolute Gasteiger partial charge is 0.130 e. The molecule has 1 atom stereocenters. The fourth-order valence-electron chi connectivity index (χ4n) is 2.15. The number of benzene rings is 2. The fourth-order valence-corrected chi connectivity index (χ4v) is 2.15. The molecule has 3 aromatic rings. The van der Waals surface area contributed by atoms with E-state index in [1.165, 1.54) is 21.5 Å².